The van der Waals surface area contributed by atoms with Crippen LogP contribution in [0.15, 0.2) is 35.3 Å². The summed E-state index contributed by atoms with van der Waals surface area (Å²) in [6.45, 7) is 8.29. The van der Waals surface area contributed by atoms with Crippen molar-refractivity contribution in [2.75, 3.05) is 46.4 Å². The minimum Gasteiger partial charge on any atom is -0.383 e. The molecular weight excluding hydrogens is 481 g/mol. The molecule has 164 valence electrons. The van der Waals surface area contributed by atoms with E-state index in [1.54, 1.807) is 7.11 Å². The Morgan fingerprint density at radius 1 is 1.24 bits per heavy atom. The molecule has 8 heteroatoms. The predicted molar refractivity (Wildman–Crippen MR) is 129 cm³/mol. The third-order valence-corrected chi connectivity index (χ3v) is 5.05. The van der Waals surface area contributed by atoms with Crippen LogP contribution in [-0.4, -0.2) is 69.2 Å². The second kappa shape index (κ2) is 14.6. The van der Waals surface area contributed by atoms with Crippen molar-refractivity contribution in [2.45, 2.75) is 38.8 Å². The molecule has 0 spiro atoms. The van der Waals surface area contributed by atoms with Gasteiger partial charge in [-0.1, -0.05) is 30.3 Å². The Hall–Kier alpha value is -1.39. The Balaban J connectivity index is 0.00000420. The summed E-state index contributed by atoms with van der Waals surface area (Å²) in [4.78, 5) is 18.8. The van der Waals surface area contributed by atoms with Gasteiger partial charge in [0.25, 0.3) is 0 Å². The third kappa shape index (κ3) is 9.31. The maximum Gasteiger partial charge on any atom is 0.241 e. The fraction of sp³-hybridized carbons (Fsp3) is 0.619. The number of nitrogens with one attached hydrogen (secondary N) is 3. The molecule has 0 radical (unpaired) electrons. The molecule has 3 N–H and O–H groups in total. The number of benzene rings is 1. The number of hydrogen-bond acceptors (Lipinski definition) is 4. The van der Waals surface area contributed by atoms with Gasteiger partial charge in [0.1, 0.15) is 6.54 Å². The van der Waals surface area contributed by atoms with Gasteiger partial charge in [-0.05, 0) is 32.3 Å². The summed E-state index contributed by atoms with van der Waals surface area (Å²) >= 11 is 0. The lowest BCUT2D eigenvalue weighted by Crippen LogP contribution is -2.49. The second-order valence-corrected chi connectivity index (χ2v) is 7.08. The Morgan fingerprint density at radius 3 is 2.55 bits per heavy atom. The van der Waals surface area contributed by atoms with E-state index in [1.165, 1.54) is 5.56 Å². The molecule has 1 unspecified atom stereocenters. The normalized spacial score (nSPS) is 16.6. The van der Waals surface area contributed by atoms with Crippen molar-refractivity contribution < 1.29 is 9.53 Å². The van der Waals surface area contributed by atoms with Crippen LogP contribution in [0.25, 0.3) is 0 Å². The van der Waals surface area contributed by atoms with Gasteiger partial charge in [-0.25, -0.2) is 4.99 Å². The molecule has 1 aromatic rings. The number of piperidine rings is 1. The smallest absolute Gasteiger partial charge is 0.241 e. The van der Waals surface area contributed by atoms with Crippen LogP contribution in [0.1, 0.15) is 38.3 Å². The van der Waals surface area contributed by atoms with Crippen molar-refractivity contribution in [2.24, 2.45) is 4.99 Å². The van der Waals surface area contributed by atoms with E-state index in [9.17, 15) is 4.79 Å². The van der Waals surface area contributed by atoms with Crippen LogP contribution in [0.5, 0.6) is 0 Å². The molecule has 1 amide bonds. The number of rotatable bonds is 9. The topological polar surface area (TPSA) is 78.0 Å². The van der Waals surface area contributed by atoms with Crippen LogP contribution in [0.3, 0.4) is 0 Å². The summed E-state index contributed by atoms with van der Waals surface area (Å²) < 4.78 is 4.93. The lowest BCUT2D eigenvalue weighted by Gasteiger charge is -2.37. The van der Waals surface area contributed by atoms with Crippen molar-refractivity contribution in [1.82, 2.24) is 20.9 Å². The molecule has 1 saturated heterocycles. The number of nitrogens with zero attached hydrogens (tertiary/aromatic N) is 2. The second-order valence-electron chi connectivity index (χ2n) is 7.08. The molecule has 1 atom stereocenters. The number of halogens is 1. The zero-order valence-electron chi connectivity index (χ0n) is 17.8. The Kier molecular flexibility index (Phi) is 12.9. The first-order chi connectivity index (χ1) is 13.6. The Labute approximate surface area is 192 Å². The summed E-state index contributed by atoms with van der Waals surface area (Å²) in [5.41, 5.74) is 1.36. The van der Waals surface area contributed by atoms with Crippen molar-refractivity contribution in [3.05, 3.63) is 35.9 Å². The van der Waals surface area contributed by atoms with E-state index in [1.807, 2.05) is 6.92 Å². The number of carbonyl (C=O) groups excluding carboxylic acids is 1. The first-order valence-corrected chi connectivity index (χ1v) is 10.2. The highest BCUT2D eigenvalue weighted by Gasteiger charge is 2.24. The highest BCUT2D eigenvalue weighted by Crippen LogP contribution is 2.23. The van der Waals surface area contributed by atoms with Crippen LogP contribution >= 0.6 is 24.0 Å². The average molecular weight is 517 g/mol. The van der Waals surface area contributed by atoms with Crippen molar-refractivity contribution in [3.63, 3.8) is 0 Å². The summed E-state index contributed by atoms with van der Waals surface area (Å²) in [7, 11) is 1.61. The summed E-state index contributed by atoms with van der Waals surface area (Å²) in [5.74, 6) is 0.611. The molecule has 0 aliphatic carbocycles. The lowest BCUT2D eigenvalue weighted by molar-refractivity contribution is -0.119. The minimum atomic E-state index is -0.0965. The molecular formula is C21H36IN5O2. The van der Waals surface area contributed by atoms with Gasteiger partial charge in [0.05, 0.1) is 6.61 Å². The van der Waals surface area contributed by atoms with Crippen molar-refractivity contribution in [3.8, 4) is 0 Å². The van der Waals surface area contributed by atoms with Crippen molar-refractivity contribution in [1.29, 1.82) is 0 Å². The van der Waals surface area contributed by atoms with E-state index in [4.69, 9.17) is 4.74 Å². The van der Waals surface area contributed by atoms with Gasteiger partial charge in [-0.3, -0.25) is 9.69 Å². The molecule has 2 rings (SSSR count). The van der Waals surface area contributed by atoms with Crippen LogP contribution in [0.4, 0.5) is 0 Å². The monoisotopic (exact) mass is 517 g/mol. The number of methoxy groups -OCH3 is 1. The fourth-order valence-electron chi connectivity index (χ4n) is 3.39. The molecule has 1 fully saturated rings. The standard InChI is InChI=1S/C21H35N5O2.HI/c1-4-22-21(24-16-20(27)23-12-15-28-3)25-19-10-13-26(14-11-19)17(2)18-8-6-5-7-9-18;/h5-9,17,19H,4,10-16H2,1-3H3,(H,23,27)(H2,22,24,25);1H. The molecule has 0 bridgehead atoms. The maximum atomic E-state index is 11.8. The van der Waals surface area contributed by atoms with E-state index >= 15 is 0 Å². The Morgan fingerprint density at radius 2 is 1.93 bits per heavy atom. The van der Waals surface area contributed by atoms with Crippen LogP contribution in [0, 0.1) is 0 Å². The quantitative estimate of drug-likeness (QED) is 0.203. The molecule has 0 aromatic heterocycles. The molecule has 1 heterocycles. The highest BCUT2D eigenvalue weighted by molar-refractivity contribution is 14.0. The predicted octanol–water partition coefficient (Wildman–Crippen LogP) is 2.15. The number of hydrogen-bond donors (Lipinski definition) is 3. The van der Waals surface area contributed by atoms with Gasteiger partial charge in [-0.15, -0.1) is 24.0 Å². The molecule has 7 nitrogen and oxygen atoms in total. The van der Waals surface area contributed by atoms with Gasteiger partial charge >= 0.3 is 0 Å². The van der Waals surface area contributed by atoms with Crippen LogP contribution in [0.2, 0.25) is 0 Å². The fourth-order valence-corrected chi connectivity index (χ4v) is 3.39. The first kappa shape index (κ1) is 25.6. The largest absolute Gasteiger partial charge is 0.383 e. The average Bonchev–Trinajstić information content (AvgIpc) is 2.73. The number of carbonyl (C=O) groups is 1. The van der Waals surface area contributed by atoms with E-state index < -0.39 is 0 Å². The van der Waals surface area contributed by atoms with Crippen molar-refractivity contribution >= 4 is 35.8 Å². The van der Waals surface area contributed by atoms with Gasteiger partial charge < -0.3 is 20.7 Å². The number of aliphatic imine (C=N–C) groups is 1. The highest BCUT2D eigenvalue weighted by atomic mass is 127. The Bertz CT molecular complexity index is 606. The van der Waals surface area contributed by atoms with E-state index in [2.05, 4.69) is 63.1 Å². The SMILES string of the molecule is CCNC(=NCC(=O)NCCOC)NC1CCN(C(C)c2ccccc2)CC1.I. The van der Waals surface area contributed by atoms with E-state index in [-0.39, 0.29) is 36.4 Å². The van der Waals surface area contributed by atoms with E-state index in [0.29, 0.717) is 31.2 Å². The van der Waals surface area contributed by atoms with E-state index in [0.717, 1.165) is 32.5 Å². The van der Waals surface area contributed by atoms with Gasteiger partial charge in [0.15, 0.2) is 5.96 Å². The van der Waals surface area contributed by atoms with Gasteiger partial charge in [0, 0.05) is 45.4 Å². The first-order valence-electron chi connectivity index (χ1n) is 10.2. The minimum absolute atomic E-state index is 0. The van der Waals surface area contributed by atoms with Gasteiger partial charge in [-0.2, -0.15) is 0 Å². The maximum absolute atomic E-state index is 11.8. The van der Waals surface area contributed by atoms with Crippen LogP contribution < -0.4 is 16.0 Å². The summed E-state index contributed by atoms with van der Waals surface area (Å²) in [6.07, 6.45) is 2.11. The zero-order chi connectivity index (χ0) is 20.2. The molecule has 0 saturated carbocycles. The van der Waals surface area contributed by atoms with Crippen LogP contribution in [-0.2, 0) is 9.53 Å². The summed E-state index contributed by atoms with van der Waals surface area (Å²) in [6, 6.07) is 11.5. The number of ether oxygens (including phenoxy) is 1. The summed E-state index contributed by atoms with van der Waals surface area (Å²) in [5, 5.41) is 9.50. The molecule has 1 aromatic carbocycles. The number of likely N-dealkylation sites (tertiary alicyclic amines) is 1. The lowest BCUT2D eigenvalue weighted by atomic mass is 10.0. The zero-order valence-corrected chi connectivity index (χ0v) is 20.1. The molecule has 29 heavy (non-hydrogen) atoms. The number of guanidine groups is 1. The third-order valence-electron chi connectivity index (χ3n) is 5.05. The number of amides is 1. The molecule has 1 aliphatic rings. The van der Waals surface area contributed by atoms with Gasteiger partial charge in [0.2, 0.25) is 5.91 Å². The molecule has 1 aliphatic heterocycles.